The van der Waals surface area contributed by atoms with Gasteiger partial charge in [0.2, 0.25) is 10.0 Å². The summed E-state index contributed by atoms with van der Waals surface area (Å²) >= 11 is 0.907. The van der Waals surface area contributed by atoms with Crippen LogP contribution in [0.3, 0.4) is 0 Å². The first-order chi connectivity index (χ1) is 8.43. The van der Waals surface area contributed by atoms with Gasteiger partial charge in [-0.25, -0.2) is 13.2 Å². The number of nitrogens with zero attached hydrogens (tertiary/aromatic N) is 1. The molecule has 1 aromatic heterocycles. The predicted octanol–water partition coefficient (Wildman–Crippen LogP) is 2.03. The molecule has 0 unspecified atom stereocenters. The Morgan fingerprint density at radius 2 is 2.28 bits per heavy atom. The molecule has 0 bridgehead atoms. The molecular formula is C11H15NO4S2. The molecule has 100 valence electrons. The molecule has 0 aliphatic carbocycles. The van der Waals surface area contributed by atoms with Gasteiger partial charge in [0.05, 0.1) is 4.90 Å². The molecule has 0 spiro atoms. The number of thiophene rings is 1. The molecule has 0 radical (unpaired) electrons. The monoisotopic (exact) mass is 289 g/mol. The summed E-state index contributed by atoms with van der Waals surface area (Å²) in [7, 11) is -3.63. The molecule has 7 heteroatoms. The van der Waals surface area contributed by atoms with Crippen molar-refractivity contribution < 1.29 is 18.3 Å². The predicted molar refractivity (Wildman–Crippen MR) is 70.5 cm³/mol. The minimum Gasteiger partial charge on any atom is -0.477 e. The minimum atomic E-state index is -3.63. The van der Waals surface area contributed by atoms with Crippen molar-refractivity contribution in [3.63, 3.8) is 0 Å². The van der Waals surface area contributed by atoms with Gasteiger partial charge in [0.1, 0.15) is 4.88 Å². The van der Waals surface area contributed by atoms with Crippen LogP contribution < -0.4 is 0 Å². The first-order valence-corrected chi connectivity index (χ1v) is 7.68. The van der Waals surface area contributed by atoms with Crippen LogP contribution in [0.15, 0.2) is 29.0 Å². The minimum absolute atomic E-state index is 0.0172. The van der Waals surface area contributed by atoms with Crippen LogP contribution >= 0.6 is 11.3 Å². The number of carbonyl (C=O) groups is 1. The Morgan fingerprint density at radius 3 is 2.72 bits per heavy atom. The van der Waals surface area contributed by atoms with Gasteiger partial charge in [0.25, 0.3) is 0 Å². The highest BCUT2D eigenvalue weighted by Gasteiger charge is 2.24. The van der Waals surface area contributed by atoms with Crippen molar-refractivity contribution in [2.45, 2.75) is 18.2 Å². The number of carboxylic acids is 1. The molecule has 0 fully saturated rings. The van der Waals surface area contributed by atoms with Crippen LogP contribution in [0.5, 0.6) is 0 Å². The molecular weight excluding hydrogens is 274 g/mol. The molecule has 18 heavy (non-hydrogen) atoms. The van der Waals surface area contributed by atoms with Crippen molar-refractivity contribution in [1.29, 1.82) is 0 Å². The van der Waals surface area contributed by atoms with E-state index in [1.165, 1.54) is 21.8 Å². The quantitative estimate of drug-likeness (QED) is 0.779. The second-order valence-corrected chi connectivity index (χ2v) is 6.45. The van der Waals surface area contributed by atoms with Crippen LogP contribution in [0.4, 0.5) is 0 Å². The first kappa shape index (κ1) is 14.9. The Hall–Kier alpha value is -1.18. The van der Waals surface area contributed by atoms with Crippen molar-refractivity contribution in [3.05, 3.63) is 29.0 Å². The van der Waals surface area contributed by atoms with Gasteiger partial charge >= 0.3 is 5.97 Å². The van der Waals surface area contributed by atoms with E-state index in [-0.39, 0.29) is 16.3 Å². The molecule has 0 saturated carbocycles. The number of carboxylic acid groups (broad SMARTS) is 1. The Balaban J connectivity index is 3.09. The van der Waals surface area contributed by atoms with E-state index in [2.05, 4.69) is 6.58 Å². The van der Waals surface area contributed by atoms with Crippen molar-refractivity contribution in [2.24, 2.45) is 0 Å². The standard InChI is InChI=1S/C11H15NO4S2/c1-3-5-12(6-4-2)18(15,16)9-7-10(11(13)14)17-8-9/h3,7-8H,1,4-6H2,2H3,(H,13,14). The van der Waals surface area contributed by atoms with Crippen molar-refractivity contribution >= 4 is 27.3 Å². The zero-order chi connectivity index (χ0) is 13.8. The average molecular weight is 289 g/mol. The lowest BCUT2D eigenvalue weighted by atomic mass is 10.5. The summed E-state index contributed by atoms with van der Waals surface area (Å²) in [5.41, 5.74) is 0. The van der Waals surface area contributed by atoms with Crippen LogP contribution in [0.25, 0.3) is 0 Å². The van der Waals surface area contributed by atoms with Crippen LogP contribution in [0.1, 0.15) is 23.0 Å². The Labute approximate surface area is 110 Å². The van der Waals surface area contributed by atoms with Crippen molar-refractivity contribution in [2.75, 3.05) is 13.1 Å². The summed E-state index contributed by atoms with van der Waals surface area (Å²) in [5.74, 6) is -1.12. The van der Waals surface area contributed by atoms with Gasteiger partial charge in [-0.1, -0.05) is 13.0 Å². The van der Waals surface area contributed by atoms with Crippen LogP contribution in [0.2, 0.25) is 0 Å². The van der Waals surface area contributed by atoms with E-state index in [0.29, 0.717) is 13.0 Å². The van der Waals surface area contributed by atoms with E-state index < -0.39 is 16.0 Å². The van der Waals surface area contributed by atoms with E-state index in [9.17, 15) is 13.2 Å². The molecule has 0 atom stereocenters. The molecule has 1 aromatic rings. The molecule has 0 saturated heterocycles. The topological polar surface area (TPSA) is 74.7 Å². The number of hydrogen-bond donors (Lipinski definition) is 1. The van der Waals surface area contributed by atoms with E-state index >= 15 is 0 Å². The summed E-state index contributed by atoms with van der Waals surface area (Å²) < 4.78 is 25.8. The van der Waals surface area contributed by atoms with Crippen molar-refractivity contribution in [1.82, 2.24) is 4.31 Å². The maximum Gasteiger partial charge on any atom is 0.345 e. The normalized spacial score (nSPS) is 11.7. The smallest absolute Gasteiger partial charge is 0.345 e. The lowest BCUT2D eigenvalue weighted by Crippen LogP contribution is -2.31. The van der Waals surface area contributed by atoms with Gasteiger partial charge in [-0.3, -0.25) is 0 Å². The van der Waals surface area contributed by atoms with Gasteiger partial charge in [-0.2, -0.15) is 4.31 Å². The molecule has 1 N–H and O–H groups in total. The SMILES string of the molecule is C=CCN(CCC)S(=O)(=O)c1csc(C(=O)O)c1. The third-order valence-electron chi connectivity index (χ3n) is 2.23. The zero-order valence-electron chi connectivity index (χ0n) is 10.00. The lowest BCUT2D eigenvalue weighted by Gasteiger charge is -2.18. The molecule has 0 aliphatic rings. The highest BCUT2D eigenvalue weighted by Crippen LogP contribution is 2.22. The maximum atomic E-state index is 12.2. The van der Waals surface area contributed by atoms with Crippen LogP contribution in [0, 0.1) is 0 Å². The number of aromatic carboxylic acids is 1. The molecule has 0 aromatic carbocycles. The van der Waals surface area contributed by atoms with Gasteiger partial charge < -0.3 is 5.11 Å². The summed E-state index contributed by atoms with van der Waals surface area (Å²) in [5, 5.41) is 10.1. The molecule has 5 nitrogen and oxygen atoms in total. The highest BCUT2D eigenvalue weighted by atomic mass is 32.2. The third kappa shape index (κ3) is 3.18. The van der Waals surface area contributed by atoms with Crippen molar-refractivity contribution in [3.8, 4) is 0 Å². The first-order valence-electron chi connectivity index (χ1n) is 5.36. The highest BCUT2D eigenvalue weighted by molar-refractivity contribution is 7.89. The van der Waals surface area contributed by atoms with Gasteiger partial charge in [-0.05, 0) is 12.5 Å². The summed E-state index contributed by atoms with van der Waals surface area (Å²) in [6, 6.07) is 1.19. The number of sulfonamides is 1. The van der Waals surface area contributed by atoms with Crippen LogP contribution in [-0.4, -0.2) is 36.9 Å². The van der Waals surface area contributed by atoms with Gasteiger partial charge in [0, 0.05) is 18.5 Å². The molecule has 1 heterocycles. The van der Waals surface area contributed by atoms with E-state index in [4.69, 9.17) is 5.11 Å². The Bertz CT molecular complexity index is 533. The maximum absolute atomic E-state index is 12.2. The third-order valence-corrected chi connectivity index (χ3v) is 5.14. The second kappa shape index (κ2) is 6.12. The fourth-order valence-corrected chi connectivity index (χ4v) is 4.02. The average Bonchev–Trinajstić information content (AvgIpc) is 2.78. The summed E-state index contributed by atoms with van der Waals surface area (Å²) in [6.45, 7) is 6.00. The Morgan fingerprint density at radius 1 is 1.61 bits per heavy atom. The van der Waals surface area contributed by atoms with E-state index in [0.717, 1.165) is 11.3 Å². The van der Waals surface area contributed by atoms with E-state index in [1.807, 2.05) is 6.92 Å². The fourth-order valence-electron chi connectivity index (χ4n) is 1.42. The fraction of sp³-hybridized carbons (Fsp3) is 0.364. The Kier molecular flexibility index (Phi) is 5.06. The lowest BCUT2D eigenvalue weighted by molar-refractivity contribution is 0.0702. The number of hydrogen-bond acceptors (Lipinski definition) is 4. The largest absolute Gasteiger partial charge is 0.477 e. The summed E-state index contributed by atoms with van der Waals surface area (Å²) in [4.78, 5) is 10.8. The van der Waals surface area contributed by atoms with Gasteiger partial charge in [-0.15, -0.1) is 17.9 Å². The van der Waals surface area contributed by atoms with E-state index in [1.54, 1.807) is 0 Å². The second-order valence-electron chi connectivity index (χ2n) is 3.60. The van der Waals surface area contributed by atoms with Crippen LogP contribution in [-0.2, 0) is 10.0 Å². The number of rotatable bonds is 7. The molecule has 0 amide bonds. The molecule has 1 rings (SSSR count). The van der Waals surface area contributed by atoms with Gasteiger partial charge in [0.15, 0.2) is 0 Å². The molecule has 0 aliphatic heterocycles. The zero-order valence-corrected chi connectivity index (χ0v) is 11.6. The summed E-state index contributed by atoms with van der Waals surface area (Å²) in [6.07, 6.45) is 2.20.